The number of hydrogen-bond donors (Lipinski definition) is 0. The van der Waals surface area contributed by atoms with E-state index in [1.54, 1.807) is 0 Å². The first kappa shape index (κ1) is 34.6. The van der Waals surface area contributed by atoms with Crippen molar-refractivity contribution in [1.82, 2.24) is 0 Å². The van der Waals surface area contributed by atoms with Crippen molar-refractivity contribution in [2.24, 2.45) is 0 Å². The number of rotatable bonds is 9. The van der Waals surface area contributed by atoms with Crippen LogP contribution in [-0.4, -0.2) is 36.3 Å². The Hall–Kier alpha value is -5.88. The highest BCUT2D eigenvalue weighted by molar-refractivity contribution is 6.97. The number of nitrogens with zero attached hydrogens (tertiary/aromatic N) is 6. The molecule has 0 saturated heterocycles. The SMILES string of the molecule is Cc1c(B(c2c(C)c([N+](=O)[O-])c(C)c([N+](=O)[O-])c2C)c2c(C)c([N+](=O)[O-])c(C)c([N+](=O)[O-])c2C)c(C)c([N+](=O)[O-])c(C)c1[N+](=O)[O-]. The van der Waals surface area contributed by atoms with Crippen LogP contribution in [-0.2, 0) is 0 Å². The summed E-state index contributed by atoms with van der Waals surface area (Å²) in [6.45, 7) is 9.36. The van der Waals surface area contributed by atoms with E-state index in [2.05, 4.69) is 0 Å². The lowest BCUT2D eigenvalue weighted by atomic mass is 9.32. The smallest absolute Gasteiger partial charge is 0.258 e. The second-order valence-corrected chi connectivity index (χ2v) is 10.9. The minimum absolute atomic E-state index is 0.176. The molecule has 0 fully saturated rings. The lowest BCUT2D eigenvalue weighted by Gasteiger charge is -2.27. The third kappa shape index (κ3) is 5.04. The molecule has 0 radical (unpaired) electrons. The molecule has 46 heavy (non-hydrogen) atoms. The quantitative estimate of drug-likeness (QED) is 0.179. The van der Waals surface area contributed by atoms with Gasteiger partial charge in [-0.05, 0) is 78.7 Å². The Morgan fingerprint density at radius 1 is 0.304 bits per heavy atom. The Balaban J connectivity index is 2.97. The predicted molar refractivity (Wildman–Crippen MR) is 167 cm³/mol. The normalized spacial score (nSPS) is 10.9. The predicted octanol–water partition coefficient (Wildman–Crippen LogP) is 4.43. The maximum atomic E-state index is 12.3. The fourth-order valence-electron chi connectivity index (χ4n) is 7.01. The van der Waals surface area contributed by atoms with Gasteiger partial charge in [-0.25, -0.2) is 0 Å². The highest BCUT2D eigenvalue weighted by atomic mass is 16.6. The summed E-state index contributed by atoms with van der Waals surface area (Å²) in [4.78, 5) is 68.8. The number of hydrogen-bond acceptors (Lipinski definition) is 12. The molecule has 240 valence electrons. The molecule has 19 heteroatoms. The van der Waals surface area contributed by atoms with Crippen molar-refractivity contribution in [3.05, 3.63) is 111 Å². The van der Waals surface area contributed by atoms with Crippen LogP contribution in [0.1, 0.15) is 50.1 Å². The van der Waals surface area contributed by atoms with E-state index in [-0.39, 0.29) is 66.5 Å². The monoisotopic (exact) mass is 638 g/mol. The minimum atomic E-state index is -1.66. The van der Waals surface area contributed by atoms with Crippen molar-refractivity contribution in [2.45, 2.75) is 62.3 Å². The average molecular weight is 638 g/mol. The summed E-state index contributed by atoms with van der Waals surface area (Å²) in [6.07, 6.45) is 0. The molecule has 0 aliphatic carbocycles. The molecular weight excluding hydrogens is 611 g/mol. The molecule has 0 N–H and O–H groups in total. The zero-order valence-corrected chi connectivity index (χ0v) is 26.2. The maximum absolute atomic E-state index is 12.3. The van der Waals surface area contributed by atoms with Gasteiger partial charge in [-0.1, -0.05) is 0 Å². The van der Waals surface area contributed by atoms with Crippen LogP contribution in [0.3, 0.4) is 0 Å². The van der Waals surface area contributed by atoms with Crippen LogP contribution in [0.5, 0.6) is 0 Å². The Labute approximate surface area is 260 Å². The van der Waals surface area contributed by atoms with Crippen molar-refractivity contribution >= 4 is 57.2 Å². The van der Waals surface area contributed by atoms with E-state index in [0.29, 0.717) is 0 Å². The van der Waals surface area contributed by atoms with Crippen LogP contribution in [0.2, 0.25) is 0 Å². The van der Waals surface area contributed by atoms with Crippen LogP contribution in [0, 0.1) is 123 Å². The third-order valence-corrected chi connectivity index (χ3v) is 8.65. The molecule has 0 saturated carbocycles. The topological polar surface area (TPSA) is 259 Å². The number of nitro groups is 6. The molecular formula is C27H27BN6O12. The number of benzene rings is 3. The molecule has 0 heterocycles. The van der Waals surface area contributed by atoms with Crippen LogP contribution in [0.25, 0.3) is 0 Å². The fourth-order valence-corrected chi connectivity index (χ4v) is 7.01. The van der Waals surface area contributed by atoms with Crippen LogP contribution in [0.4, 0.5) is 34.1 Å². The van der Waals surface area contributed by atoms with Gasteiger partial charge in [0.25, 0.3) is 34.1 Å². The molecule has 18 nitrogen and oxygen atoms in total. The van der Waals surface area contributed by atoms with Gasteiger partial charge in [0.05, 0.1) is 29.5 Å². The van der Waals surface area contributed by atoms with E-state index in [4.69, 9.17) is 0 Å². The zero-order valence-electron chi connectivity index (χ0n) is 26.2. The van der Waals surface area contributed by atoms with E-state index >= 15 is 0 Å². The van der Waals surface area contributed by atoms with Crippen LogP contribution in [0.15, 0.2) is 0 Å². The van der Waals surface area contributed by atoms with Gasteiger partial charge >= 0.3 is 0 Å². The molecule has 0 atom stereocenters. The van der Waals surface area contributed by atoms with Gasteiger partial charge in [0.2, 0.25) is 6.71 Å². The van der Waals surface area contributed by atoms with E-state index in [1.807, 2.05) is 0 Å². The van der Waals surface area contributed by atoms with Gasteiger partial charge in [0.15, 0.2) is 0 Å². The van der Waals surface area contributed by atoms with E-state index in [9.17, 15) is 60.7 Å². The van der Waals surface area contributed by atoms with Gasteiger partial charge in [-0.3, -0.25) is 60.7 Å². The molecule has 3 aromatic carbocycles. The van der Waals surface area contributed by atoms with E-state index < -0.39 is 70.4 Å². The van der Waals surface area contributed by atoms with Gasteiger partial charge in [0.1, 0.15) is 16.7 Å². The summed E-state index contributed by atoms with van der Waals surface area (Å²) in [6, 6.07) is 0. The van der Waals surface area contributed by atoms with Crippen molar-refractivity contribution in [3.8, 4) is 0 Å². The Bertz CT molecular complexity index is 1630. The summed E-state index contributed by atoms with van der Waals surface area (Å²) in [5, 5.41) is 74.0. The fraction of sp³-hybridized carbons (Fsp3) is 0.333. The molecule has 0 bridgehead atoms. The van der Waals surface area contributed by atoms with Crippen molar-refractivity contribution in [1.29, 1.82) is 0 Å². The Morgan fingerprint density at radius 2 is 0.435 bits per heavy atom. The van der Waals surface area contributed by atoms with Gasteiger partial charge < -0.3 is 0 Å². The van der Waals surface area contributed by atoms with Gasteiger partial charge in [-0.2, -0.15) is 0 Å². The lowest BCUT2D eigenvalue weighted by Crippen LogP contribution is -2.58. The zero-order chi connectivity index (χ0) is 35.4. The largest absolute Gasteiger partial charge is 0.281 e. The summed E-state index contributed by atoms with van der Waals surface area (Å²) in [5.74, 6) is 0. The molecule has 3 rings (SSSR count). The second kappa shape index (κ2) is 11.9. The first-order valence-corrected chi connectivity index (χ1v) is 13.4. The standard InChI is InChI=1S/C27H27BN6O12/c1-10-19(11(2)23(30(37)38)16(7)22(10)29(35)36)28(20-12(3)24(31(39)40)17(8)25(13(20)4)32(41)42)21-14(5)26(33(43)44)18(9)27(15(21)6)34(45)46/h1-9H3. The molecule has 0 aliphatic heterocycles. The Kier molecular flexibility index (Phi) is 8.96. The second-order valence-electron chi connectivity index (χ2n) is 10.9. The summed E-state index contributed by atoms with van der Waals surface area (Å²) >= 11 is 0. The molecule has 0 aromatic heterocycles. The van der Waals surface area contributed by atoms with E-state index in [1.165, 1.54) is 41.5 Å². The summed E-state index contributed by atoms with van der Waals surface area (Å²) in [7, 11) is 0. The molecule has 3 aromatic rings. The van der Waals surface area contributed by atoms with Crippen LogP contribution >= 0.6 is 0 Å². The first-order chi connectivity index (χ1) is 21.1. The third-order valence-electron chi connectivity index (χ3n) is 8.65. The number of nitro benzene ring substituents is 6. The summed E-state index contributed by atoms with van der Waals surface area (Å²) < 4.78 is 0. The lowest BCUT2D eigenvalue weighted by molar-refractivity contribution is -0.395. The van der Waals surface area contributed by atoms with Gasteiger partial charge in [-0.15, -0.1) is 0 Å². The molecule has 0 aliphatic rings. The van der Waals surface area contributed by atoms with Gasteiger partial charge in [0, 0.05) is 33.4 Å². The Morgan fingerprint density at radius 3 is 0.543 bits per heavy atom. The summed E-state index contributed by atoms with van der Waals surface area (Å²) in [5.41, 5.74) is -6.84. The highest BCUT2D eigenvalue weighted by Gasteiger charge is 2.45. The van der Waals surface area contributed by atoms with Crippen molar-refractivity contribution < 1.29 is 29.5 Å². The molecule has 0 amide bonds. The van der Waals surface area contributed by atoms with Crippen LogP contribution < -0.4 is 16.4 Å². The minimum Gasteiger partial charge on any atom is -0.258 e. The van der Waals surface area contributed by atoms with E-state index in [0.717, 1.165) is 20.8 Å². The molecule has 0 unspecified atom stereocenters. The highest BCUT2D eigenvalue weighted by Crippen LogP contribution is 2.38. The first-order valence-electron chi connectivity index (χ1n) is 13.4. The maximum Gasteiger partial charge on any atom is 0.281 e. The average Bonchev–Trinajstić information content (AvgIpc) is 2.86. The van der Waals surface area contributed by atoms with Crippen molar-refractivity contribution in [3.63, 3.8) is 0 Å². The van der Waals surface area contributed by atoms with Crippen molar-refractivity contribution in [2.75, 3.05) is 0 Å². The molecule has 0 spiro atoms.